The van der Waals surface area contributed by atoms with Crippen molar-refractivity contribution in [1.82, 2.24) is 4.90 Å². The van der Waals surface area contributed by atoms with Crippen molar-refractivity contribution >= 4 is 18.0 Å². The van der Waals surface area contributed by atoms with Gasteiger partial charge in [-0.1, -0.05) is 12.1 Å². The van der Waals surface area contributed by atoms with Crippen LogP contribution in [-0.2, 0) is 17.5 Å². The first kappa shape index (κ1) is 22.4. The highest BCUT2D eigenvalue weighted by atomic mass is 19.4. The van der Waals surface area contributed by atoms with Gasteiger partial charge in [0.05, 0.1) is 23.2 Å². The van der Waals surface area contributed by atoms with Crippen molar-refractivity contribution in [2.75, 3.05) is 13.6 Å². The summed E-state index contributed by atoms with van der Waals surface area (Å²) >= 11 is 0. The van der Waals surface area contributed by atoms with Gasteiger partial charge in [-0.05, 0) is 50.1 Å². The molecule has 2 aromatic rings. The zero-order valence-corrected chi connectivity index (χ0v) is 16.6. The molecule has 29 heavy (non-hydrogen) atoms. The molecule has 0 aliphatic carbocycles. The number of hydrogen-bond donors (Lipinski definition) is 0. The molecule has 0 amide bonds. The van der Waals surface area contributed by atoms with Crippen LogP contribution in [0.15, 0.2) is 35.3 Å². The molecule has 0 saturated heterocycles. The van der Waals surface area contributed by atoms with E-state index in [1.807, 2.05) is 18.9 Å². The van der Waals surface area contributed by atoms with Crippen LogP contribution in [0.4, 0.5) is 23.2 Å². The Labute approximate surface area is 166 Å². The molecule has 8 heteroatoms. The zero-order chi connectivity index (χ0) is 21.8. The fourth-order valence-corrected chi connectivity index (χ4v) is 2.54. The number of carbonyl (C=O) groups is 1. The first-order valence-electron chi connectivity index (χ1n) is 8.92. The van der Waals surface area contributed by atoms with Crippen LogP contribution in [0.25, 0.3) is 0 Å². The van der Waals surface area contributed by atoms with Gasteiger partial charge < -0.3 is 9.64 Å². The van der Waals surface area contributed by atoms with Gasteiger partial charge in [0.25, 0.3) is 0 Å². The van der Waals surface area contributed by atoms with Gasteiger partial charge in [0.1, 0.15) is 12.4 Å². The Balaban J connectivity index is 2.18. The van der Waals surface area contributed by atoms with Crippen molar-refractivity contribution in [1.29, 1.82) is 0 Å². The maximum atomic E-state index is 14.1. The van der Waals surface area contributed by atoms with E-state index in [0.29, 0.717) is 17.3 Å². The smallest absolute Gasteiger partial charge is 0.419 e. The summed E-state index contributed by atoms with van der Waals surface area (Å²) in [5, 5.41) is 0. The molecule has 0 fully saturated rings. The summed E-state index contributed by atoms with van der Waals surface area (Å²) in [5.41, 5.74) is 0.600. The molecule has 0 radical (unpaired) electrons. The molecular weight excluding hydrogens is 388 g/mol. The SMILES string of the molecule is CCN(C)/C=N/c1ccc(C(=O)OCc2cccc(C(F)(F)F)c2F)c(C)c1C. The number of benzene rings is 2. The molecule has 0 saturated carbocycles. The second kappa shape index (κ2) is 9.07. The third-order valence-electron chi connectivity index (χ3n) is 4.61. The van der Waals surface area contributed by atoms with Crippen molar-refractivity contribution in [2.24, 2.45) is 4.99 Å². The highest BCUT2D eigenvalue weighted by molar-refractivity contribution is 5.92. The molecule has 0 bridgehead atoms. The molecule has 2 rings (SSSR count). The Morgan fingerprint density at radius 3 is 2.48 bits per heavy atom. The first-order valence-corrected chi connectivity index (χ1v) is 8.92. The lowest BCUT2D eigenvalue weighted by Crippen LogP contribution is -2.14. The topological polar surface area (TPSA) is 41.9 Å². The summed E-state index contributed by atoms with van der Waals surface area (Å²) in [6.45, 7) is 5.69. The van der Waals surface area contributed by atoms with E-state index in [1.54, 1.807) is 26.3 Å². The quantitative estimate of drug-likeness (QED) is 0.276. The van der Waals surface area contributed by atoms with Gasteiger partial charge in [0, 0.05) is 19.2 Å². The molecule has 0 unspecified atom stereocenters. The van der Waals surface area contributed by atoms with Gasteiger partial charge in [-0.15, -0.1) is 0 Å². The predicted octanol–water partition coefficient (Wildman–Crippen LogP) is 5.43. The van der Waals surface area contributed by atoms with E-state index in [0.717, 1.165) is 24.2 Å². The van der Waals surface area contributed by atoms with Crippen LogP contribution in [0.1, 0.15) is 39.5 Å². The van der Waals surface area contributed by atoms with Crippen LogP contribution in [-0.4, -0.2) is 30.8 Å². The number of esters is 1. The van der Waals surface area contributed by atoms with Crippen LogP contribution in [0.5, 0.6) is 0 Å². The number of ether oxygens (including phenoxy) is 1. The standard InChI is InChI=1S/C21H22F4N2O2/c1-5-27(4)12-26-18-10-9-16(13(2)14(18)3)20(28)29-11-15-7-6-8-17(19(15)22)21(23,24)25/h6-10,12H,5,11H2,1-4H3/b26-12+. The van der Waals surface area contributed by atoms with Gasteiger partial charge in [0.2, 0.25) is 0 Å². The Morgan fingerprint density at radius 2 is 1.86 bits per heavy atom. The molecule has 2 aromatic carbocycles. The molecule has 0 aromatic heterocycles. The minimum atomic E-state index is -4.82. The Bertz CT molecular complexity index is 924. The minimum Gasteiger partial charge on any atom is -0.457 e. The second-order valence-electron chi connectivity index (χ2n) is 6.55. The maximum Gasteiger partial charge on any atom is 0.419 e. The number of rotatable bonds is 6. The highest BCUT2D eigenvalue weighted by Gasteiger charge is 2.34. The van der Waals surface area contributed by atoms with Gasteiger partial charge in [0.15, 0.2) is 0 Å². The first-order chi connectivity index (χ1) is 13.6. The predicted molar refractivity (Wildman–Crippen MR) is 103 cm³/mol. The summed E-state index contributed by atoms with van der Waals surface area (Å²) < 4.78 is 57.5. The van der Waals surface area contributed by atoms with Crippen molar-refractivity contribution in [2.45, 2.75) is 33.6 Å². The van der Waals surface area contributed by atoms with Crippen LogP contribution >= 0.6 is 0 Å². The van der Waals surface area contributed by atoms with E-state index in [-0.39, 0.29) is 11.1 Å². The molecule has 0 heterocycles. The Kier molecular flexibility index (Phi) is 7.00. The fourth-order valence-electron chi connectivity index (χ4n) is 2.54. The number of aliphatic imine (C=N–C) groups is 1. The normalized spacial score (nSPS) is 11.7. The molecule has 0 atom stereocenters. The summed E-state index contributed by atoms with van der Waals surface area (Å²) in [5.74, 6) is -2.19. The second-order valence-corrected chi connectivity index (χ2v) is 6.55. The lowest BCUT2D eigenvalue weighted by atomic mass is 10.0. The minimum absolute atomic E-state index is 0.248. The van der Waals surface area contributed by atoms with E-state index in [2.05, 4.69) is 4.99 Å². The van der Waals surface area contributed by atoms with Gasteiger partial charge in [-0.3, -0.25) is 0 Å². The van der Waals surface area contributed by atoms with E-state index in [4.69, 9.17) is 4.74 Å². The van der Waals surface area contributed by atoms with Crippen LogP contribution in [0.3, 0.4) is 0 Å². The molecule has 0 spiro atoms. The highest BCUT2D eigenvalue weighted by Crippen LogP contribution is 2.32. The molecular formula is C21H22F4N2O2. The number of carbonyl (C=O) groups excluding carboxylic acids is 1. The summed E-state index contributed by atoms with van der Waals surface area (Å²) in [6, 6.07) is 6.06. The van der Waals surface area contributed by atoms with E-state index < -0.39 is 30.1 Å². The van der Waals surface area contributed by atoms with E-state index in [1.165, 1.54) is 6.07 Å². The maximum absolute atomic E-state index is 14.1. The lowest BCUT2D eigenvalue weighted by Gasteiger charge is -2.14. The zero-order valence-electron chi connectivity index (χ0n) is 16.6. The van der Waals surface area contributed by atoms with Crippen molar-refractivity contribution in [3.8, 4) is 0 Å². The summed E-state index contributed by atoms with van der Waals surface area (Å²) in [4.78, 5) is 18.7. The molecule has 4 nitrogen and oxygen atoms in total. The average molecular weight is 410 g/mol. The number of halogens is 4. The molecule has 0 aliphatic heterocycles. The van der Waals surface area contributed by atoms with Crippen LogP contribution in [0, 0.1) is 19.7 Å². The molecule has 0 aliphatic rings. The third-order valence-corrected chi connectivity index (χ3v) is 4.61. The van der Waals surface area contributed by atoms with Crippen LogP contribution < -0.4 is 0 Å². The average Bonchev–Trinajstić information content (AvgIpc) is 2.66. The van der Waals surface area contributed by atoms with Gasteiger partial charge >= 0.3 is 12.1 Å². The number of hydrogen-bond acceptors (Lipinski definition) is 3. The lowest BCUT2D eigenvalue weighted by molar-refractivity contribution is -0.140. The Hall–Kier alpha value is -2.90. The van der Waals surface area contributed by atoms with Crippen LogP contribution in [0.2, 0.25) is 0 Å². The third kappa shape index (κ3) is 5.34. The van der Waals surface area contributed by atoms with Gasteiger partial charge in [-0.2, -0.15) is 13.2 Å². The van der Waals surface area contributed by atoms with Crippen molar-refractivity contribution < 1.29 is 27.1 Å². The van der Waals surface area contributed by atoms with Crippen molar-refractivity contribution in [3.63, 3.8) is 0 Å². The fraction of sp³-hybridized carbons (Fsp3) is 0.333. The Morgan fingerprint density at radius 1 is 1.17 bits per heavy atom. The largest absolute Gasteiger partial charge is 0.457 e. The number of nitrogens with zero attached hydrogens (tertiary/aromatic N) is 2. The van der Waals surface area contributed by atoms with E-state index in [9.17, 15) is 22.4 Å². The van der Waals surface area contributed by atoms with Crippen molar-refractivity contribution in [3.05, 3.63) is 64.0 Å². The van der Waals surface area contributed by atoms with E-state index >= 15 is 0 Å². The molecule has 0 N–H and O–H groups in total. The molecule has 156 valence electrons. The number of alkyl halides is 3. The summed E-state index contributed by atoms with van der Waals surface area (Å²) in [6.07, 6.45) is -3.14. The van der Waals surface area contributed by atoms with Gasteiger partial charge in [-0.25, -0.2) is 14.2 Å². The monoisotopic (exact) mass is 410 g/mol. The summed E-state index contributed by atoms with van der Waals surface area (Å²) in [7, 11) is 1.88.